The number of hydrogen-bond donors (Lipinski definition) is 2. The van der Waals surface area contributed by atoms with Crippen molar-refractivity contribution < 1.29 is 31.4 Å². The smallest absolute Gasteiger partial charge is 0.391 e. The topological polar surface area (TPSA) is 75.3 Å². The van der Waals surface area contributed by atoms with E-state index in [9.17, 15) is 31.4 Å². The Kier molecular flexibility index (Phi) is 5.28. The molecule has 1 fully saturated rings. The van der Waals surface area contributed by atoms with Gasteiger partial charge in [-0.15, -0.1) is 10.2 Å². The van der Waals surface area contributed by atoms with Gasteiger partial charge in [-0.1, -0.05) is 18.9 Å². The monoisotopic (exact) mass is 445 g/mol. The van der Waals surface area contributed by atoms with Crippen LogP contribution in [0, 0.1) is 0 Å². The van der Waals surface area contributed by atoms with Crippen molar-refractivity contribution in [3.05, 3.63) is 41.9 Å². The second kappa shape index (κ2) is 7.66. The van der Waals surface area contributed by atoms with Crippen molar-refractivity contribution in [3.63, 3.8) is 0 Å². The molecule has 166 valence electrons. The summed E-state index contributed by atoms with van der Waals surface area (Å²) in [7, 11) is 0. The van der Waals surface area contributed by atoms with E-state index in [0.717, 1.165) is 18.9 Å². The number of aromatic nitrogens is 4. The Bertz CT molecular complexity index is 1090. The molecule has 1 saturated carbocycles. The number of rotatable bonds is 3. The second-order valence-corrected chi connectivity index (χ2v) is 7.38. The van der Waals surface area contributed by atoms with E-state index in [2.05, 4.69) is 20.5 Å². The quantitative estimate of drug-likeness (QED) is 0.579. The third-order valence-electron chi connectivity index (χ3n) is 5.31. The zero-order valence-corrected chi connectivity index (χ0v) is 15.9. The van der Waals surface area contributed by atoms with E-state index in [4.69, 9.17) is 0 Å². The number of fused-ring (bicyclic) bond motifs is 1. The lowest BCUT2D eigenvalue weighted by Crippen LogP contribution is -2.37. The summed E-state index contributed by atoms with van der Waals surface area (Å²) >= 11 is 0. The molecule has 0 aliphatic heterocycles. The van der Waals surface area contributed by atoms with E-state index in [1.54, 1.807) is 0 Å². The van der Waals surface area contributed by atoms with Crippen LogP contribution in [0.15, 0.2) is 30.7 Å². The van der Waals surface area contributed by atoms with Crippen LogP contribution in [-0.4, -0.2) is 36.8 Å². The summed E-state index contributed by atoms with van der Waals surface area (Å²) in [5.74, 6) is 0.169. The van der Waals surface area contributed by atoms with Crippen LogP contribution in [0.2, 0.25) is 0 Å². The van der Waals surface area contributed by atoms with E-state index >= 15 is 0 Å². The fraction of sp³-hybridized carbons (Fsp3) is 0.421. The van der Waals surface area contributed by atoms with Crippen molar-refractivity contribution in [2.45, 2.75) is 50.2 Å². The predicted octanol–water partition coefficient (Wildman–Crippen LogP) is 4.54. The summed E-state index contributed by atoms with van der Waals surface area (Å²) < 4.78 is 81.0. The number of benzene rings is 1. The molecule has 1 aliphatic rings. The Morgan fingerprint density at radius 1 is 1.00 bits per heavy atom. The Labute approximate surface area is 171 Å². The maximum atomic E-state index is 13.6. The first-order valence-corrected chi connectivity index (χ1v) is 9.48. The molecular formula is C19H17F6N5O. The molecule has 2 atom stereocenters. The summed E-state index contributed by atoms with van der Waals surface area (Å²) in [6.07, 6.45) is -4.95. The maximum absolute atomic E-state index is 13.6. The maximum Gasteiger partial charge on any atom is 0.417 e. The molecule has 3 aromatic rings. The fourth-order valence-electron chi connectivity index (χ4n) is 3.73. The minimum Gasteiger partial charge on any atom is -0.391 e. The van der Waals surface area contributed by atoms with Gasteiger partial charge in [-0.25, -0.2) is 4.98 Å². The van der Waals surface area contributed by atoms with Gasteiger partial charge in [0.1, 0.15) is 12.0 Å². The zero-order chi connectivity index (χ0) is 22.4. The molecule has 0 amide bonds. The van der Waals surface area contributed by atoms with Gasteiger partial charge in [0, 0.05) is 5.56 Å². The molecule has 0 saturated heterocycles. The van der Waals surface area contributed by atoms with Gasteiger partial charge in [0.2, 0.25) is 5.95 Å². The molecule has 2 aromatic heterocycles. The lowest BCUT2D eigenvalue weighted by Gasteiger charge is -2.28. The highest BCUT2D eigenvalue weighted by Crippen LogP contribution is 2.41. The summed E-state index contributed by atoms with van der Waals surface area (Å²) in [6.45, 7) is 0. The van der Waals surface area contributed by atoms with Gasteiger partial charge in [0.05, 0.1) is 35.0 Å². The Morgan fingerprint density at radius 2 is 1.74 bits per heavy atom. The normalized spacial score (nSPS) is 20.2. The van der Waals surface area contributed by atoms with E-state index in [1.165, 1.54) is 16.9 Å². The molecule has 12 heteroatoms. The number of aliphatic hydroxyl groups excluding tert-OH is 1. The third kappa shape index (κ3) is 4.16. The summed E-state index contributed by atoms with van der Waals surface area (Å²) in [5.41, 5.74) is -3.54. The molecular weight excluding hydrogens is 428 g/mol. The van der Waals surface area contributed by atoms with Crippen molar-refractivity contribution in [3.8, 4) is 11.3 Å². The van der Waals surface area contributed by atoms with Gasteiger partial charge in [0.25, 0.3) is 0 Å². The van der Waals surface area contributed by atoms with Crippen molar-refractivity contribution in [2.24, 2.45) is 0 Å². The number of nitrogens with one attached hydrogen (secondary N) is 1. The van der Waals surface area contributed by atoms with Crippen LogP contribution >= 0.6 is 0 Å². The molecule has 2 heterocycles. The molecule has 0 radical (unpaired) electrons. The number of nitrogens with zero attached hydrogens (tertiary/aromatic N) is 4. The molecule has 0 bridgehead atoms. The molecule has 0 unspecified atom stereocenters. The van der Waals surface area contributed by atoms with Gasteiger partial charge >= 0.3 is 12.4 Å². The van der Waals surface area contributed by atoms with Gasteiger partial charge < -0.3 is 10.4 Å². The molecule has 0 spiro atoms. The second-order valence-electron chi connectivity index (χ2n) is 7.38. The van der Waals surface area contributed by atoms with Gasteiger partial charge in [0.15, 0.2) is 0 Å². The number of anilines is 1. The van der Waals surface area contributed by atoms with Crippen molar-refractivity contribution >= 4 is 11.5 Å². The highest BCUT2D eigenvalue weighted by molar-refractivity contribution is 5.79. The van der Waals surface area contributed by atoms with E-state index < -0.39 is 35.1 Å². The highest BCUT2D eigenvalue weighted by atomic mass is 19.4. The molecule has 4 rings (SSSR count). The SMILES string of the molecule is O[C@@H]1CCCC[C@H]1Nc1nnc(-c2ccc(C(F)(F)F)cc2C(F)(F)F)c2cncn12. The largest absolute Gasteiger partial charge is 0.417 e. The Morgan fingerprint density at radius 3 is 2.42 bits per heavy atom. The van der Waals surface area contributed by atoms with Crippen LogP contribution in [0.5, 0.6) is 0 Å². The average molecular weight is 445 g/mol. The van der Waals surface area contributed by atoms with Crippen LogP contribution in [0.1, 0.15) is 36.8 Å². The van der Waals surface area contributed by atoms with E-state index in [-0.39, 0.29) is 29.3 Å². The van der Waals surface area contributed by atoms with Crippen LogP contribution in [0.4, 0.5) is 32.3 Å². The molecule has 1 aliphatic carbocycles. The first-order chi connectivity index (χ1) is 14.6. The number of hydrogen-bond acceptors (Lipinski definition) is 5. The van der Waals surface area contributed by atoms with E-state index in [0.29, 0.717) is 18.9 Å². The number of halogens is 6. The number of imidazole rings is 1. The van der Waals surface area contributed by atoms with E-state index in [1.807, 2.05) is 0 Å². The summed E-state index contributed by atoms with van der Waals surface area (Å²) in [4.78, 5) is 3.93. The molecule has 2 N–H and O–H groups in total. The van der Waals surface area contributed by atoms with Gasteiger partial charge in [-0.2, -0.15) is 26.3 Å². The molecule has 1 aromatic carbocycles. The van der Waals surface area contributed by atoms with Crippen LogP contribution in [-0.2, 0) is 12.4 Å². The Balaban J connectivity index is 1.80. The molecule has 6 nitrogen and oxygen atoms in total. The Hall–Kier alpha value is -2.89. The first kappa shape index (κ1) is 21.3. The third-order valence-corrected chi connectivity index (χ3v) is 5.31. The van der Waals surface area contributed by atoms with Crippen LogP contribution in [0.3, 0.4) is 0 Å². The minimum atomic E-state index is -5.04. The standard InChI is InChI=1S/C19H17F6N5O/c20-18(21,22)10-5-6-11(12(7-10)19(23,24)25)16-14-8-26-9-30(14)17(29-28-16)27-13-3-1-2-4-15(13)31/h5-9,13,15,31H,1-4H2,(H,27,29)/t13-,15-/m1/s1. The predicted molar refractivity (Wildman–Crippen MR) is 98.1 cm³/mol. The van der Waals surface area contributed by atoms with Crippen molar-refractivity contribution in [1.82, 2.24) is 19.6 Å². The number of aliphatic hydroxyl groups is 1. The lowest BCUT2D eigenvalue weighted by molar-refractivity contribution is -0.142. The fourth-order valence-corrected chi connectivity index (χ4v) is 3.73. The highest BCUT2D eigenvalue weighted by Gasteiger charge is 2.39. The number of alkyl halides is 6. The summed E-state index contributed by atoms with van der Waals surface area (Å²) in [5, 5.41) is 21.0. The zero-order valence-electron chi connectivity index (χ0n) is 15.9. The van der Waals surface area contributed by atoms with Crippen molar-refractivity contribution in [1.29, 1.82) is 0 Å². The molecule has 31 heavy (non-hydrogen) atoms. The van der Waals surface area contributed by atoms with Gasteiger partial charge in [-0.3, -0.25) is 4.40 Å². The lowest BCUT2D eigenvalue weighted by atomic mass is 9.93. The first-order valence-electron chi connectivity index (χ1n) is 9.48. The van der Waals surface area contributed by atoms with Crippen molar-refractivity contribution in [2.75, 3.05) is 5.32 Å². The average Bonchev–Trinajstić information content (AvgIpc) is 3.18. The van der Waals surface area contributed by atoms with Crippen LogP contribution < -0.4 is 5.32 Å². The van der Waals surface area contributed by atoms with Crippen LogP contribution in [0.25, 0.3) is 16.8 Å². The minimum absolute atomic E-state index is 0.0639. The summed E-state index contributed by atoms with van der Waals surface area (Å²) in [6, 6.07) is 1.06. The van der Waals surface area contributed by atoms with Gasteiger partial charge in [-0.05, 0) is 25.0 Å².